The first-order chi connectivity index (χ1) is 11.6. The highest BCUT2D eigenvalue weighted by atomic mass is 32.2. The molecule has 0 N–H and O–H groups in total. The lowest BCUT2D eigenvalue weighted by Crippen LogP contribution is -2.67. The van der Waals surface area contributed by atoms with Gasteiger partial charge in [0.25, 0.3) is 0 Å². The van der Waals surface area contributed by atoms with Crippen molar-refractivity contribution in [2.45, 2.75) is 36.0 Å². The van der Waals surface area contributed by atoms with Gasteiger partial charge in [-0.25, -0.2) is 13.2 Å². The van der Waals surface area contributed by atoms with Crippen LogP contribution in [0.2, 0.25) is 0 Å². The van der Waals surface area contributed by atoms with E-state index in [4.69, 9.17) is 0 Å². The zero-order valence-electron chi connectivity index (χ0n) is 13.4. The van der Waals surface area contributed by atoms with Crippen LogP contribution in [0.4, 0.5) is 13.2 Å². The Hall–Kier alpha value is -1.87. The van der Waals surface area contributed by atoms with Crippen LogP contribution >= 0.6 is 0 Å². The number of halogens is 3. The second-order valence-corrected chi connectivity index (χ2v) is 7.98. The van der Waals surface area contributed by atoms with Gasteiger partial charge in [0.1, 0.15) is 0 Å². The fourth-order valence-corrected chi connectivity index (χ4v) is 5.54. The molecule has 1 aliphatic heterocycles. The van der Waals surface area contributed by atoms with Crippen LogP contribution in [-0.2, 0) is 19.6 Å². The molecule has 2 aliphatic rings. The molecular weight excluding hydrogens is 359 g/mol. The van der Waals surface area contributed by atoms with E-state index >= 15 is 0 Å². The minimum Gasteiger partial charge on any atom is -0.467 e. The van der Waals surface area contributed by atoms with Crippen LogP contribution in [0.5, 0.6) is 0 Å². The number of nitrogens with zero attached hydrogens (tertiary/aromatic N) is 1. The Morgan fingerprint density at radius 2 is 1.84 bits per heavy atom. The first-order valence-electron chi connectivity index (χ1n) is 7.51. The van der Waals surface area contributed by atoms with Gasteiger partial charge in [-0.1, -0.05) is 29.8 Å². The smallest absolute Gasteiger partial charge is 0.419 e. The third kappa shape index (κ3) is 2.32. The highest BCUT2D eigenvalue weighted by molar-refractivity contribution is 7.89. The average molecular weight is 375 g/mol. The largest absolute Gasteiger partial charge is 0.467 e. The molecule has 0 saturated carbocycles. The molecule has 0 amide bonds. The van der Waals surface area contributed by atoms with E-state index in [2.05, 4.69) is 4.74 Å². The Balaban J connectivity index is 2.23. The van der Waals surface area contributed by atoms with Gasteiger partial charge in [0.05, 0.1) is 12.0 Å². The number of methoxy groups -OCH3 is 1. The Morgan fingerprint density at radius 3 is 2.36 bits per heavy atom. The van der Waals surface area contributed by atoms with E-state index in [1.807, 2.05) is 0 Å². The summed E-state index contributed by atoms with van der Waals surface area (Å²) in [6, 6.07) is 4.41. The summed E-state index contributed by atoms with van der Waals surface area (Å²) in [6.45, 7) is 1.73. The second kappa shape index (κ2) is 5.57. The van der Waals surface area contributed by atoms with Crippen molar-refractivity contribution in [2.24, 2.45) is 5.92 Å². The quantitative estimate of drug-likeness (QED) is 0.601. The highest BCUT2D eigenvalue weighted by Crippen LogP contribution is 2.55. The summed E-state index contributed by atoms with van der Waals surface area (Å²) in [5.41, 5.74) is -2.48. The number of benzene rings is 1. The van der Waals surface area contributed by atoms with E-state index < -0.39 is 39.7 Å². The van der Waals surface area contributed by atoms with E-state index in [0.717, 1.165) is 12.7 Å². The highest BCUT2D eigenvalue weighted by Gasteiger charge is 2.76. The van der Waals surface area contributed by atoms with Crippen LogP contribution < -0.4 is 0 Å². The van der Waals surface area contributed by atoms with Crippen LogP contribution in [0.1, 0.15) is 12.0 Å². The predicted molar refractivity (Wildman–Crippen MR) is 82.0 cm³/mol. The van der Waals surface area contributed by atoms with Crippen LogP contribution in [0, 0.1) is 12.8 Å². The maximum atomic E-state index is 14.0. The molecule has 0 unspecified atom stereocenters. The third-order valence-corrected chi connectivity index (χ3v) is 6.70. The third-order valence-electron chi connectivity index (χ3n) is 4.75. The zero-order chi connectivity index (χ0) is 18.6. The molecule has 3 atom stereocenters. The monoisotopic (exact) mass is 375 g/mol. The lowest BCUT2D eigenvalue weighted by Gasteiger charge is -2.41. The van der Waals surface area contributed by atoms with Crippen molar-refractivity contribution < 1.29 is 31.1 Å². The van der Waals surface area contributed by atoms with Crippen molar-refractivity contribution in [1.29, 1.82) is 0 Å². The van der Waals surface area contributed by atoms with Gasteiger partial charge in [-0.2, -0.15) is 17.5 Å². The lowest BCUT2D eigenvalue weighted by molar-refractivity contribution is -0.230. The summed E-state index contributed by atoms with van der Waals surface area (Å²) in [5.74, 6) is -2.93. The molecule has 1 heterocycles. The Labute approximate surface area is 143 Å². The molecule has 3 rings (SSSR count). The van der Waals surface area contributed by atoms with E-state index in [1.165, 1.54) is 36.4 Å². The maximum absolute atomic E-state index is 14.0. The molecule has 1 aromatic rings. The summed E-state index contributed by atoms with van der Waals surface area (Å²) in [6.07, 6.45) is -2.60. The number of carbonyl (C=O) groups excluding carboxylic acids is 1. The summed E-state index contributed by atoms with van der Waals surface area (Å²) in [7, 11) is -3.75. The van der Waals surface area contributed by atoms with Crippen molar-refractivity contribution in [3.8, 4) is 0 Å². The summed E-state index contributed by atoms with van der Waals surface area (Å²) in [5, 5.41) is 0. The fourth-order valence-electron chi connectivity index (χ4n) is 3.63. The first kappa shape index (κ1) is 17.9. The van der Waals surface area contributed by atoms with Crippen molar-refractivity contribution >= 4 is 16.0 Å². The number of fused-ring (bicyclic) bond motifs is 2. The van der Waals surface area contributed by atoms with Crippen LogP contribution in [0.15, 0.2) is 41.3 Å². The number of rotatable bonds is 3. The normalized spacial score (nSPS) is 29.2. The number of ether oxygens (including phenoxy) is 1. The van der Waals surface area contributed by atoms with E-state index in [9.17, 15) is 26.4 Å². The summed E-state index contributed by atoms with van der Waals surface area (Å²) in [4.78, 5) is 11.9. The minimum atomic E-state index is -5.12. The molecule has 1 fully saturated rings. The lowest BCUT2D eigenvalue weighted by atomic mass is 9.85. The van der Waals surface area contributed by atoms with Gasteiger partial charge in [-0.15, -0.1) is 0 Å². The molecule has 1 saturated heterocycles. The molecule has 1 aliphatic carbocycles. The Kier molecular flexibility index (Phi) is 3.99. The number of aryl methyl sites for hydroxylation is 1. The average Bonchev–Trinajstić information content (AvgIpc) is 3.13. The standard InChI is InChI=1S/C16H16F3NO4S/c1-10-3-7-13(8-4-10)25(22,23)20-12-6-5-11(9-12)15(20,14(21)24-2)16(17,18)19/h3-8,11-12H,9H2,1-2H3/t11-,12-,15-/m0/s1. The van der Waals surface area contributed by atoms with Crippen LogP contribution in [0.3, 0.4) is 0 Å². The number of esters is 1. The van der Waals surface area contributed by atoms with Gasteiger partial charge in [0, 0.05) is 12.0 Å². The zero-order valence-corrected chi connectivity index (χ0v) is 14.3. The molecule has 0 radical (unpaired) electrons. The van der Waals surface area contributed by atoms with Gasteiger partial charge < -0.3 is 4.74 Å². The molecule has 25 heavy (non-hydrogen) atoms. The predicted octanol–water partition coefficient (Wildman–Crippen LogP) is 2.42. The minimum absolute atomic E-state index is 0.111. The van der Waals surface area contributed by atoms with Crippen molar-refractivity contribution in [1.82, 2.24) is 4.31 Å². The van der Waals surface area contributed by atoms with Crippen molar-refractivity contribution in [3.05, 3.63) is 42.0 Å². The maximum Gasteiger partial charge on any atom is 0.419 e. The molecule has 0 spiro atoms. The van der Waals surface area contributed by atoms with Crippen LogP contribution in [0.25, 0.3) is 0 Å². The summed E-state index contributed by atoms with van der Waals surface area (Å²) >= 11 is 0. The molecule has 9 heteroatoms. The molecule has 2 bridgehead atoms. The van der Waals surface area contributed by atoms with E-state index in [0.29, 0.717) is 0 Å². The topological polar surface area (TPSA) is 63.7 Å². The SMILES string of the molecule is COC(=O)[C@]1(C(F)(F)F)[C@H]2C=C[C@@H](C2)N1S(=O)(=O)c1ccc(C)cc1. The first-order valence-corrected chi connectivity index (χ1v) is 8.95. The van der Waals surface area contributed by atoms with Gasteiger partial charge in [0.15, 0.2) is 0 Å². The van der Waals surface area contributed by atoms with Gasteiger partial charge in [-0.3, -0.25) is 0 Å². The fraction of sp³-hybridized carbons (Fsp3) is 0.438. The number of sulfonamides is 1. The Bertz CT molecular complexity index is 832. The molecule has 136 valence electrons. The second-order valence-electron chi connectivity index (χ2n) is 6.16. The van der Waals surface area contributed by atoms with Gasteiger partial charge >= 0.3 is 12.1 Å². The Morgan fingerprint density at radius 1 is 1.24 bits per heavy atom. The van der Waals surface area contributed by atoms with E-state index in [-0.39, 0.29) is 15.6 Å². The number of alkyl halides is 3. The number of hydrogen-bond donors (Lipinski definition) is 0. The summed E-state index contributed by atoms with van der Waals surface area (Å²) < 4.78 is 72.8. The molecule has 1 aromatic carbocycles. The number of hydrogen-bond acceptors (Lipinski definition) is 4. The van der Waals surface area contributed by atoms with Gasteiger partial charge in [-0.05, 0) is 25.5 Å². The molecule has 0 aromatic heterocycles. The molecular formula is C16H16F3NO4S. The van der Waals surface area contributed by atoms with E-state index in [1.54, 1.807) is 6.92 Å². The number of carbonyl (C=O) groups is 1. The van der Waals surface area contributed by atoms with Crippen LogP contribution in [-0.4, -0.2) is 43.6 Å². The molecule has 5 nitrogen and oxygen atoms in total. The van der Waals surface area contributed by atoms with Gasteiger partial charge in [0.2, 0.25) is 15.6 Å². The van der Waals surface area contributed by atoms with Crippen molar-refractivity contribution in [2.75, 3.05) is 7.11 Å². The van der Waals surface area contributed by atoms with Crippen molar-refractivity contribution in [3.63, 3.8) is 0 Å².